The average molecular weight is 1040 g/mol. The quantitative estimate of drug-likeness (QED) is 0.149. The first-order valence-electron chi connectivity index (χ1n) is 21.5. The van der Waals surface area contributed by atoms with Gasteiger partial charge in [0, 0.05) is 16.5 Å². The van der Waals surface area contributed by atoms with E-state index in [2.05, 4.69) is 21.4 Å². The van der Waals surface area contributed by atoms with Crippen LogP contribution in [0.1, 0.15) is 137 Å². The number of alkyl halides is 8. The van der Waals surface area contributed by atoms with E-state index in [9.17, 15) is 79.6 Å². The zero-order chi connectivity index (χ0) is 49.7. The number of carbonyl (C=O) groups is 2. The van der Waals surface area contributed by atoms with Crippen LogP contribution in [0.4, 0.5) is 50.9 Å². The van der Waals surface area contributed by atoms with Gasteiger partial charge in [-0.15, -0.1) is 0 Å². The van der Waals surface area contributed by atoms with Gasteiger partial charge in [-0.25, -0.2) is 38.4 Å². The monoisotopic (exact) mass is 1040 g/mol. The third-order valence-electron chi connectivity index (χ3n) is 14.3. The molecule has 9 rings (SSSR count). The van der Waals surface area contributed by atoms with Crippen molar-refractivity contribution in [3.05, 3.63) is 58.9 Å². The minimum Gasteiger partial charge on any atom is -0.347 e. The maximum atomic E-state index is 14.2. The van der Waals surface area contributed by atoms with Gasteiger partial charge in [-0.1, -0.05) is 7.43 Å². The highest BCUT2D eigenvalue weighted by Crippen LogP contribution is 2.59. The lowest BCUT2D eigenvalue weighted by atomic mass is 9.55. The van der Waals surface area contributed by atoms with Gasteiger partial charge in [-0.05, 0) is 133 Å². The molecule has 380 valence electrons. The molecule has 13 nitrogen and oxygen atoms in total. The summed E-state index contributed by atoms with van der Waals surface area (Å²) in [5, 5.41) is 13.9. The van der Waals surface area contributed by atoms with Crippen LogP contribution in [0.5, 0.6) is 0 Å². The zero-order valence-corrected chi connectivity index (χ0v) is 38.6. The molecule has 68 heavy (non-hydrogen) atoms. The van der Waals surface area contributed by atoms with Crippen molar-refractivity contribution in [1.82, 2.24) is 10.6 Å². The molecule has 6 saturated carbocycles. The van der Waals surface area contributed by atoms with E-state index < -0.39 is 117 Å². The Morgan fingerprint density at radius 1 is 0.721 bits per heavy atom. The molecule has 6 aliphatic carbocycles. The first-order chi connectivity index (χ1) is 30.7. The van der Waals surface area contributed by atoms with E-state index in [1.165, 1.54) is 0 Å². The molecule has 1 heterocycles. The van der Waals surface area contributed by atoms with Gasteiger partial charge >= 0.3 is 12.4 Å². The summed E-state index contributed by atoms with van der Waals surface area (Å²) in [5.41, 5.74) is -5.50. The van der Waals surface area contributed by atoms with Crippen molar-refractivity contribution in [1.29, 1.82) is 5.26 Å². The van der Waals surface area contributed by atoms with Gasteiger partial charge in [-0.2, -0.15) is 31.6 Å². The van der Waals surface area contributed by atoms with Crippen LogP contribution in [0.25, 0.3) is 0 Å². The fourth-order valence-electron chi connectivity index (χ4n) is 9.87. The van der Waals surface area contributed by atoms with Crippen LogP contribution in [0.15, 0.2) is 36.4 Å². The standard InChI is InChI=1S/C23H29F5N2O5S2.C19H21F4N3O3S.CH4/c1-20(24,25)21-6-9-22(10-7-21,11-8-21)29-19(31)17-3-2-15(23(26,27)28)14-18(17)30-37(34,35)16-4-12-36(32,33)13-5-16;20-13-1-2-14(15(11-13)26-30(28,29)10-9-19(21,22)23)16(27)25-18-6-3-17(12-24,4-7-18)5-8-18;/h2-3,14,16,30H,4-13H2,1H3,(H,29,31);1-2,11,26H,3-10H2,(H,25,27);1H4. The topological polar surface area (TPSA) is 208 Å². The number of sulfone groups is 1. The van der Waals surface area contributed by atoms with Crippen LogP contribution < -0.4 is 20.1 Å². The molecule has 0 unspecified atom stereocenters. The predicted octanol–water partition coefficient (Wildman–Crippen LogP) is 9.00. The van der Waals surface area contributed by atoms with E-state index in [0.717, 1.165) is 31.2 Å². The summed E-state index contributed by atoms with van der Waals surface area (Å²) in [6.45, 7) is 0.895. The fraction of sp³-hybridized carbons (Fsp3) is 0.651. The molecule has 1 saturated heterocycles. The number of carbonyl (C=O) groups excluding carboxylic acids is 2. The van der Waals surface area contributed by atoms with Gasteiger partial charge in [-0.3, -0.25) is 19.0 Å². The van der Waals surface area contributed by atoms with Gasteiger partial charge in [0.1, 0.15) is 15.7 Å². The van der Waals surface area contributed by atoms with Gasteiger partial charge in [0.25, 0.3) is 17.7 Å². The molecule has 0 spiro atoms. The molecule has 0 aromatic heterocycles. The van der Waals surface area contributed by atoms with E-state index in [1.54, 1.807) is 0 Å². The Kier molecular flexibility index (Phi) is 15.4. The summed E-state index contributed by atoms with van der Waals surface area (Å²) in [4.78, 5) is 26.1. The molecule has 0 atom stereocenters. The second-order valence-corrected chi connectivity index (χ2v) is 24.9. The number of benzene rings is 2. The molecule has 4 bridgehead atoms. The SMILES string of the molecule is C.CC(F)(F)C12CCC(NC(=O)c3ccc(C(F)(F)F)cc3NS(=O)(=O)C3CCS(=O)(=O)CC3)(CC1)CC2.N#CC12CCC(NC(=O)c3ccc(F)cc3NS(=O)(=O)CCC(F)(F)F)(CC1)CC2. The van der Waals surface area contributed by atoms with Crippen molar-refractivity contribution < 1.29 is 74.4 Å². The number of halogens is 9. The Labute approximate surface area is 389 Å². The minimum atomic E-state index is -4.81. The van der Waals surface area contributed by atoms with Gasteiger partial charge in [0.2, 0.25) is 20.0 Å². The summed E-state index contributed by atoms with van der Waals surface area (Å²) < 4.78 is 197. The smallest absolute Gasteiger partial charge is 0.347 e. The molecular weight excluding hydrogens is 982 g/mol. The molecule has 2 amide bonds. The first-order valence-corrected chi connectivity index (χ1v) is 26.5. The molecule has 7 fully saturated rings. The molecule has 2 aromatic rings. The third-order valence-corrected chi connectivity index (χ3v) is 19.2. The molecular formula is C43H54F9N5O8S3. The normalized spacial score (nSPS) is 27.1. The number of hydrogen-bond acceptors (Lipinski definition) is 9. The van der Waals surface area contributed by atoms with Crippen molar-refractivity contribution in [2.45, 2.75) is 145 Å². The lowest BCUT2D eigenvalue weighted by Crippen LogP contribution is -2.60. The first kappa shape index (κ1) is 54.6. The lowest BCUT2D eigenvalue weighted by Gasteiger charge is -2.55. The van der Waals surface area contributed by atoms with Crippen LogP contribution >= 0.6 is 0 Å². The average Bonchev–Trinajstić information content (AvgIpc) is 3.23. The Morgan fingerprint density at radius 2 is 1.18 bits per heavy atom. The minimum absolute atomic E-state index is 0. The largest absolute Gasteiger partial charge is 0.416 e. The number of fused-ring (bicyclic) bond motifs is 6. The van der Waals surface area contributed by atoms with Gasteiger partial charge < -0.3 is 10.6 Å². The highest BCUT2D eigenvalue weighted by molar-refractivity contribution is 7.94. The van der Waals surface area contributed by atoms with Crippen molar-refractivity contribution in [2.24, 2.45) is 10.8 Å². The van der Waals surface area contributed by atoms with Crippen LogP contribution in [-0.4, -0.2) is 82.8 Å². The van der Waals surface area contributed by atoms with Crippen LogP contribution in [0.2, 0.25) is 0 Å². The van der Waals surface area contributed by atoms with Crippen LogP contribution in [0, 0.1) is 28.0 Å². The van der Waals surface area contributed by atoms with Crippen molar-refractivity contribution in [2.75, 3.05) is 26.7 Å². The molecule has 0 radical (unpaired) electrons. The summed E-state index contributed by atoms with van der Waals surface area (Å²) in [6, 6.07) is 7.28. The van der Waals surface area contributed by atoms with E-state index in [-0.39, 0.29) is 86.8 Å². The lowest BCUT2D eigenvalue weighted by molar-refractivity contribution is -0.160. The van der Waals surface area contributed by atoms with Gasteiger partial charge in [0.15, 0.2) is 0 Å². The number of rotatable bonds is 12. The number of nitriles is 1. The van der Waals surface area contributed by atoms with Crippen LogP contribution in [-0.2, 0) is 36.1 Å². The van der Waals surface area contributed by atoms with E-state index in [1.807, 2.05) is 4.72 Å². The van der Waals surface area contributed by atoms with Crippen molar-refractivity contribution in [3.63, 3.8) is 0 Å². The number of hydrogen-bond donors (Lipinski definition) is 4. The van der Waals surface area contributed by atoms with Crippen molar-refractivity contribution >= 4 is 53.1 Å². The summed E-state index contributed by atoms with van der Waals surface area (Å²) in [6.07, 6.45) is -6.36. The van der Waals surface area contributed by atoms with E-state index in [0.29, 0.717) is 50.7 Å². The molecule has 4 N–H and O–H groups in total. The second kappa shape index (κ2) is 19.1. The van der Waals surface area contributed by atoms with Gasteiger partial charge in [0.05, 0.1) is 68.5 Å². The maximum Gasteiger partial charge on any atom is 0.416 e. The summed E-state index contributed by atoms with van der Waals surface area (Å²) >= 11 is 0. The Balaban J connectivity index is 0.000000256. The van der Waals surface area contributed by atoms with E-state index in [4.69, 9.17) is 0 Å². The number of amides is 2. The molecule has 1 aliphatic heterocycles. The highest BCUT2D eigenvalue weighted by atomic mass is 32.2. The van der Waals surface area contributed by atoms with Crippen LogP contribution in [0.3, 0.4) is 0 Å². The number of sulfonamides is 2. The second-order valence-electron chi connectivity index (χ2n) is 18.8. The Morgan fingerprint density at radius 3 is 1.62 bits per heavy atom. The molecule has 7 aliphatic rings. The number of anilines is 2. The Bertz CT molecular complexity index is 2570. The van der Waals surface area contributed by atoms with E-state index >= 15 is 0 Å². The number of nitrogens with one attached hydrogen (secondary N) is 4. The number of nitrogens with zero attached hydrogens (tertiary/aromatic N) is 1. The third kappa shape index (κ3) is 12.5. The maximum absolute atomic E-state index is 14.2. The molecule has 2 aromatic carbocycles. The zero-order valence-electron chi connectivity index (χ0n) is 36.1. The fourth-order valence-corrected chi connectivity index (χ4v) is 14.3. The highest BCUT2D eigenvalue weighted by Gasteiger charge is 2.58. The molecule has 25 heteroatoms. The Hall–Kier alpha value is -4.31. The summed E-state index contributed by atoms with van der Waals surface area (Å²) in [5.74, 6) is -7.14. The summed E-state index contributed by atoms with van der Waals surface area (Å²) in [7, 11) is -12.2. The van der Waals surface area contributed by atoms with Crippen molar-refractivity contribution in [3.8, 4) is 6.07 Å². The predicted molar refractivity (Wildman–Crippen MR) is 234 cm³/mol.